The van der Waals surface area contributed by atoms with Gasteiger partial charge in [-0.2, -0.15) is 0 Å². The summed E-state index contributed by atoms with van der Waals surface area (Å²) in [6.07, 6.45) is 6.66. The Balaban J connectivity index is 1.53. The minimum atomic E-state index is -0.591. The number of amides is 2. The number of ether oxygens (including phenoxy) is 2. The molecule has 2 fully saturated rings. The van der Waals surface area contributed by atoms with E-state index in [0.717, 1.165) is 31.7 Å². The lowest BCUT2D eigenvalue weighted by molar-refractivity contribution is -0.139. The Hall–Kier alpha value is -2.58. The average molecular weight is 457 g/mol. The highest BCUT2D eigenvalue weighted by Crippen LogP contribution is 2.30. The van der Waals surface area contributed by atoms with Crippen LogP contribution in [0.1, 0.15) is 50.6 Å². The predicted molar refractivity (Wildman–Crippen MR) is 126 cm³/mol. The van der Waals surface area contributed by atoms with E-state index in [9.17, 15) is 9.59 Å². The van der Waals surface area contributed by atoms with Crippen LogP contribution in [0.15, 0.2) is 35.5 Å². The first-order chi connectivity index (χ1) is 16.1. The topological polar surface area (TPSA) is 83.1 Å². The molecule has 1 saturated heterocycles. The van der Waals surface area contributed by atoms with Crippen LogP contribution in [0, 0.1) is 0 Å². The molecule has 1 aromatic carbocycles. The number of rotatable bonds is 7. The van der Waals surface area contributed by atoms with Gasteiger partial charge >= 0.3 is 12.0 Å². The van der Waals surface area contributed by atoms with Crippen molar-refractivity contribution in [2.75, 3.05) is 46.4 Å². The van der Waals surface area contributed by atoms with Crippen molar-refractivity contribution in [3.05, 3.63) is 41.1 Å². The van der Waals surface area contributed by atoms with Gasteiger partial charge in [0.2, 0.25) is 0 Å². The maximum atomic E-state index is 13.0. The van der Waals surface area contributed by atoms with Crippen LogP contribution in [0.4, 0.5) is 4.79 Å². The normalized spacial score (nSPS) is 23.1. The first kappa shape index (κ1) is 23.6. The molecule has 2 aliphatic heterocycles. The summed E-state index contributed by atoms with van der Waals surface area (Å²) >= 11 is 0. The minimum Gasteiger partial charge on any atom is -0.497 e. The van der Waals surface area contributed by atoms with E-state index >= 15 is 0 Å². The van der Waals surface area contributed by atoms with Gasteiger partial charge in [0, 0.05) is 44.5 Å². The van der Waals surface area contributed by atoms with E-state index in [4.69, 9.17) is 9.47 Å². The molecular formula is C25H36N4O4. The second-order valence-corrected chi connectivity index (χ2v) is 9.02. The van der Waals surface area contributed by atoms with E-state index in [0.29, 0.717) is 29.6 Å². The summed E-state index contributed by atoms with van der Waals surface area (Å²) in [6, 6.07) is 7.24. The van der Waals surface area contributed by atoms with Crippen LogP contribution < -0.4 is 15.4 Å². The smallest absolute Gasteiger partial charge is 0.338 e. The first-order valence-corrected chi connectivity index (χ1v) is 12.2. The number of carbonyl (C=O) groups is 2. The molecule has 0 bridgehead atoms. The van der Waals surface area contributed by atoms with Gasteiger partial charge in [-0.3, -0.25) is 9.80 Å². The summed E-state index contributed by atoms with van der Waals surface area (Å²) in [5, 5.41) is 5.80. The van der Waals surface area contributed by atoms with Crippen LogP contribution in [0.5, 0.6) is 5.75 Å². The Bertz CT molecular complexity index is 873. The predicted octanol–water partition coefficient (Wildman–Crippen LogP) is 2.82. The van der Waals surface area contributed by atoms with E-state index in [-0.39, 0.29) is 12.6 Å². The highest BCUT2D eigenvalue weighted by atomic mass is 16.5. The fourth-order valence-corrected chi connectivity index (χ4v) is 5.22. The number of piperazine rings is 1. The Morgan fingerprint density at radius 3 is 2.58 bits per heavy atom. The number of nitrogens with zero attached hydrogens (tertiary/aromatic N) is 2. The van der Waals surface area contributed by atoms with Gasteiger partial charge in [0.15, 0.2) is 0 Å². The number of carbonyl (C=O) groups excluding carboxylic acids is 2. The van der Waals surface area contributed by atoms with Crippen LogP contribution in [0.3, 0.4) is 0 Å². The third-order valence-electron chi connectivity index (χ3n) is 6.96. The van der Waals surface area contributed by atoms with Gasteiger partial charge in [-0.15, -0.1) is 0 Å². The van der Waals surface area contributed by atoms with Crippen molar-refractivity contribution < 1.29 is 19.1 Å². The molecule has 8 nitrogen and oxygen atoms in total. The lowest BCUT2D eigenvalue weighted by atomic mass is 9.93. The third-order valence-corrected chi connectivity index (χ3v) is 6.96. The summed E-state index contributed by atoms with van der Waals surface area (Å²) in [7, 11) is 1.60. The quantitative estimate of drug-likeness (QED) is 0.614. The minimum absolute atomic E-state index is 0.272. The van der Waals surface area contributed by atoms with Crippen LogP contribution in [0.2, 0.25) is 0 Å². The standard InChI is InChI=1S/C25H36N4O4/c1-3-33-24(30)22-21(17-28-12-14-29(15-13-28)19-9-5-4-6-10-19)26-25(31)27-23(22)18-8-7-11-20(16-18)32-2/h7-8,11,16,19,23H,3-6,9-10,12-15,17H2,1-2H3,(H2,26,27,31). The second kappa shape index (κ2) is 11.0. The highest BCUT2D eigenvalue weighted by Gasteiger charge is 2.35. The molecule has 180 valence electrons. The lowest BCUT2D eigenvalue weighted by Crippen LogP contribution is -2.53. The molecule has 1 unspecified atom stereocenters. The molecule has 1 saturated carbocycles. The SMILES string of the molecule is CCOC(=O)C1=C(CN2CCN(C3CCCCC3)CC2)NC(=O)NC1c1cccc(OC)c1. The van der Waals surface area contributed by atoms with E-state index in [1.54, 1.807) is 14.0 Å². The molecule has 0 radical (unpaired) electrons. The van der Waals surface area contributed by atoms with Gasteiger partial charge < -0.3 is 20.1 Å². The highest BCUT2D eigenvalue weighted by molar-refractivity contribution is 5.95. The molecule has 2 N–H and O–H groups in total. The fraction of sp³-hybridized carbons (Fsp3) is 0.600. The zero-order chi connectivity index (χ0) is 23.2. The van der Waals surface area contributed by atoms with Crippen LogP contribution in [-0.2, 0) is 9.53 Å². The molecule has 3 aliphatic rings. The number of benzene rings is 1. The Morgan fingerprint density at radius 2 is 1.88 bits per heavy atom. The summed E-state index contributed by atoms with van der Waals surface area (Å²) in [5.41, 5.74) is 1.86. The average Bonchev–Trinajstić information content (AvgIpc) is 2.85. The molecule has 0 spiro atoms. The van der Waals surface area contributed by atoms with Crippen molar-refractivity contribution in [1.82, 2.24) is 20.4 Å². The molecule has 0 aromatic heterocycles. The van der Waals surface area contributed by atoms with E-state index in [2.05, 4.69) is 20.4 Å². The summed E-state index contributed by atoms with van der Waals surface area (Å²) in [4.78, 5) is 30.5. The first-order valence-electron chi connectivity index (χ1n) is 12.2. The summed E-state index contributed by atoms with van der Waals surface area (Å²) in [6.45, 7) is 6.47. The molecule has 33 heavy (non-hydrogen) atoms. The van der Waals surface area contributed by atoms with Gasteiger partial charge in [-0.05, 0) is 37.5 Å². The second-order valence-electron chi connectivity index (χ2n) is 9.02. The van der Waals surface area contributed by atoms with Gasteiger partial charge in [0.05, 0.1) is 25.3 Å². The zero-order valence-corrected chi connectivity index (χ0v) is 19.8. The molecule has 8 heteroatoms. The molecule has 1 atom stereocenters. The van der Waals surface area contributed by atoms with Crippen molar-refractivity contribution in [3.8, 4) is 5.75 Å². The van der Waals surface area contributed by atoms with Gasteiger partial charge in [0.25, 0.3) is 0 Å². The van der Waals surface area contributed by atoms with E-state index in [1.165, 1.54) is 32.1 Å². The van der Waals surface area contributed by atoms with Gasteiger partial charge in [-0.25, -0.2) is 9.59 Å². The summed E-state index contributed by atoms with van der Waals surface area (Å²) < 4.78 is 10.7. The molecule has 1 aliphatic carbocycles. The van der Waals surface area contributed by atoms with Crippen LogP contribution >= 0.6 is 0 Å². The Morgan fingerprint density at radius 1 is 1.12 bits per heavy atom. The van der Waals surface area contributed by atoms with E-state index in [1.807, 2.05) is 24.3 Å². The van der Waals surface area contributed by atoms with Crippen molar-refractivity contribution in [2.24, 2.45) is 0 Å². The number of nitrogens with one attached hydrogen (secondary N) is 2. The molecule has 1 aromatic rings. The van der Waals surface area contributed by atoms with Gasteiger partial charge in [-0.1, -0.05) is 31.4 Å². The maximum absolute atomic E-state index is 13.0. The molecular weight excluding hydrogens is 420 g/mol. The molecule has 2 heterocycles. The van der Waals surface area contributed by atoms with Crippen molar-refractivity contribution in [1.29, 1.82) is 0 Å². The van der Waals surface area contributed by atoms with Crippen LogP contribution in [0.25, 0.3) is 0 Å². The van der Waals surface area contributed by atoms with Crippen LogP contribution in [-0.4, -0.2) is 74.3 Å². The maximum Gasteiger partial charge on any atom is 0.338 e. The Labute approximate surface area is 196 Å². The number of esters is 1. The number of methoxy groups -OCH3 is 1. The monoisotopic (exact) mass is 456 g/mol. The molecule has 4 rings (SSSR count). The number of hydrogen-bond acceptors (Lipinski definition) is 6. The van der Waals surface area contributed by atoms with Crippen molar-refractivity contribution in [2.45, 2.75) is 51.1 Å². The Kier molecular flexibility index (Phi) is 7.88. The van der Waals surface area contributed by atoms with E-state index < -0.39 is 12.0 Å². The lowest BCUT2D eigenvalue weighted by Gasteiger charge is -2.41. The number of hydrogen-bond donors (Lipinski definition) is 2. The van der Waals surface area contributed by atoms with Crippen molar-refractivity contribution in [3.63, 3.8) is 0 Å². The summed E-state index contributed by atoms with van der Waals surface area (Å²) in [5.74, 6) is 0.262. The fourth-order valence-electron chi connectivity index (χ4n) is 5.22. The van der Waals surface area contributed by atoms with Gasteiger partial charge in [0.1, 0.15) is 5.75 Å². The number of urea groups is 1. The third kappa shape index (κ3) is 5.68. The van der Waals surface area contributed by atoms with Crippen molar-refractivity contribution >= 4 is 12.0 Å². The molecule has 2 amide bonds. The largest absolute Gasteiger partial charge is 0.497 e. The zero-order valence-electron chi connectivity index (χ0n) is 19.8.